The number of para-hydroxylation sites is 1. The quantitative estimate of drug-likeness (QED) is 0.698. The lowest BCUT2D eigenvalue weighted by Gasteiger charge is -2.00. The average molecular weight is 343 g/mol. The number of carbonyl (C=O) groups is 2. The molecule has 0 unspecified atom stereocenters. The predicted molar refractivity (Wildman–Crippen MR) is 92.3 cm³/mol. The van der Waals surface area contributed by atoms with E-state index in [9.17, 15) is 9.59 Å². The van der Waals surface area contributed by atoms with E-state index in [0.717, 1.165) is 10.9 Å². The van der Waals surface area contributed by atoms with Crippen molar-refractivity contribution in [2.75, 3.05) is 6.61 Å². The van der Waals surface area contributed by atoms with Crippen molar-refractivity contribution in [1.29, 1.82) is 0 Å². The van der Waals surface area contributed by atoms with Gasteiger partial charge in [0.15, 0.2) is 0 Å². The largest absolute Gasteiger partial charge is 0.462 e. The lowest BCUT2D eigenvalue weighted by Crippen LogP contribution is -2.22. The Morgan fingerprint density at radius 3 is 2.88 bits per heavy atom. The Hall–Kier alpha value is -2.67. The molecule has 1 amide bonds. The van der Waals surface area contributed by atoms with Gasteiger partial charge < -0.3 is 15.0 Å². The summed E-state index contributed by atoms with van der Waals surface area (Å²) < 4.78 is 4.99. The SMILES string of the molecule is CCOC(=O)c1sc(CNC(=O)c2cc3ccccc3[nH]2)nc1C. The van der Waals surface area contributed by atoms with E-state index in [4.69, 9.17) is 4.74 Å². The number of nitrogens with one attached hydrogen (secondary N) is 2. The van der Waals surface area contributed by atoms with E-state index in [2.05, 4.69) is 15.3 Å². The summed E-state index contributed by atoms with van der Waals surface area (Å²) in [5, 5.41) is 4.46. The molecule has 0 spiro atoms. The van der Waals surface area contributed by atoms with Gasteiger partial charge in [-0.15, -0.1) is 11.3 Å². The first-order valence-corrected chi connectivity index (χ1v) is 8.39. The Labute approximate surface area is 142 Å². The van der Waals surface area contributed by atoms with Crippen LogP contribution in [0.3, 0.4) is 0 Å². The van der Waals surface area contributed by atoms with Crippen LogP contribution in [0.15, 0.2) is 30.3 Å². The number of H-pyrrole nitrogens is 1. The van der Waals surface area contributed by atoms with Crippen molar-refractivity contribution in [2.24, 2.45) is 0 Å². The van der Waals surface area contributed by atoms with Crippen LogP contribution in [0.5, 0.6) is 0 Å². The second-order valence-corrected chi connectivity index (χ2v) is 6.28. The first-order chi connectivity index (χ1) is 11.6. The number of nitrogens with zero attached hydrogens (tertiary/aromatic N) is 1. The van der Waals surface area contributed by atoms with E-state index in [0.29, 0.717) is 27.9 Å². The van der Waals surface area contributed by atoms with Crippen molar-refractivity contribution in [3.8, 4) is 0 Å². The summed E-state index contributed by atoms with van der Waals surface area (Å²) in [4.78, 5) is 31.9. The summed E-state index contributed by atoms with van der Waals surface area (Å²) in [6.45, 7) is 4.10. The fourth-order valence-electron chi connectivity index (χ4n) is 2.36. The number of esters is 1. The minimum Gasteiger partial charge on any atom is -0.462 e. The number of aryl methyl sites for hydroxylation is 1. The number of thiazole rings is 1. The summed E-state index contributed by atoms with van der Waals surface area (Å²) in [6.07, 6.45) is 0. The van der Waals surface area contributed by atoms with Gasteiger partial charge in [0.2, 0.25) is 0 Å². The summed E-state index contributed by atoms with van der Waals surface area (Å²) in [7, 11) is 0. The molecule has 0 radical (unpaired) electrons. The molecule has 0 atom stereocenters. The molecule has 2 heterocycles. The maximum atomic E-state index is 12.3. The number of aromatic nitrogens is 2. The highest BCUT2D eigenvalue weighted by molar-refractivity contribution is 7.13. The topological polar surface area (TPSA) is 84.1 Å². The third-order valence-electron chi connectivity index (χ3n) is 3.48. The van der Waals surface area contributed by atoms with Crippen molar-refractivity contribution in [3.05, 3.63) is 51.6 Å². The van der Waals surface area contributed by atoms with Crippen LogP contribution >= 0.6 is 11.3 Å². The summed E-state index contributed by atoms with van der Waals surface area (Å²) >= 11 is 1.24. The normalized spacial score (nSPS) is 10.8. The van der Waals surface area contributed by atoms with Crippen molar-refractivity contribution in [2.45, 2.75) is 20.4 Å². The van der Waals surface area contributed by atoms with Gasteiger partial charge in [0, 0.05) is 10.9 Å². The van der Waals surface area contributed by atoms with E-state index in [1.54, 1.807) is 13.8 Å². The van der Waals surface area contributed by atoms with Crippen molar-refractivity contribution >= 4 is 34.1 Å². The monoisotopic (exact) mass is 343 g/mol. The Balaban J connectivity index is 1.68. The van der Waals surface area contributed by atoms with E-state index in [1.807, 2.05) is 30.3 Å². The third-order valence-corrected chi connectivity index (χ3v) is 4.61. The number of hydrogen-bond acceptors (Lipinski definition) is 5. The number of rotatable bonds is 5. The van der Waals surface area contributed by atoms with Gasteiger partial charge in [-0.2, -0.15) is 0 Å². The molecule has 0 fully saturated rings. The molecule has 6 nitrogen and oxygen atoms in total. The summed E-state index contributed by atoms with van der Waals surface area (Å²) in [5.74, 6) is -0.586. The molecular formula is C17H17N3O3S. The van der Waals surface area contributed by atoms with E-state index < -0.39 is 0 Å². The zero-order valence-electron chi connectivity index (χ0n) is 13.4. The lowest BCUT2D eigenvalue weighted by molar-refractivity contribution is 0.0531. The van der Waals surface area contributed by atoms with Gasteiger partial charge in [0.05, 0.1) is 18.8 Å². The highest BCUT2D eigenvalue weighted by Gasteiger charge is 2.17. The molecule has 24 heavy (non-hydrogen) atoms. The Kier molecular flexibility index (Phi) is 4.61. The standard InChI is InChI=1S/C17H17N3O3S/c1-3-23-17(22)15-10(2)19-14(24-15)9-18-16(21)13-8-11-6-4-5-7-12(11)20-13/h4-8,20H,3,9H2,1-2H3,(H,18,21). The van der Waals surface area contributed by atoms with Crippen LogP contribution in [0.4, 0.5) is 0 Å². The molecular weight excluding hydrogens is 326 g/mol. The molecule has 3 aromatic rings. The molecule has 2 aromatic heterocycles. The van der Waals surface area contributed by atoms with Crippen LogP contribution < -0.4 is 5.32 Å². The van der Waals surface area contributed by atoms with Crippen molar-refractivity contribution in [3.63, 3.8) is 0 Å². The molecule has 0 aliphatic heterocycles. The van der Waals surface area contributed by atoms with Gasteiger partial charge in [-0.1, -0.05) is 18.2 Å². The molecule has 0 saturated heterocycles. The molecule has 3 rings (SSSR count). The summed E-state index contributed by atoms with van der Waals surface area (Å²) in [5.41, 5.74) is 2.03. The lowest BCUT2D eigenvalue weighted by atomic mass is 10.2. The predicted octanol–water partition coefficient (Wildman–Crippen LogP) is 3.04. The maximum Gasteiger partial charge on any atom is 0.350 e. The summed E-state index contributed by atoms with van der Waals surface area (Å²) in [6, 6.07) is 9.50. The molecule has 0 saturated carbocycles. The van der Waals surface area contributed by atoms with Crippen LogP contribution in [0, 0.1) is 6.92 Å². The van der Waals surface area contributed by atoms with E-state index in [-0.39, 0.29) is 18.4 Å². The minimum absolute atomic E-state index is 0.211. The number of amides is 1. The van der Waals surface area contributed by atoms with Gasteiger partial charge >= 0.3 is 5.97 Å². The average Bonchev–Trinajstić information content (AvgIpc) is 3.16. The van der Waals surface area contributed by atoms with Gasteiger partial charge in [0.1, 0.15) is 15.6 Å². The Morgan fingerprint density at radius 1 is 1.33 bits per heavy atom. The molecule has 0 aliphatic carbocycles. The molecule has 0 aliphatic rings. The van der Waals surface area contributed by atoms with E-state index in [1.165, 1.54) is 11.3 Å². The number of aromatic amines is 1. The third kappa shape index (κ3) is 3.30. The van der Waals surface area contributed by atoms with Gasteiger partial charge in [-0.25, -0.2) is 9.78 Å². The first-order valence-electron chi connectivity index (χ1n) is 7.58. The van der Waals surface area contributed by atoms with Crippen LogP contribution in [0.1, 0.15) is 37.8 Å². The number of benzene rings is 1. The maximum absolute atomic E-state index is 12.3. The minimum atomic E-state index is -0.374. The Bertz CT molecular complexity index is 865. The van der Waals surface area contributed by atoms with Gasteiger partial charge in [0.25, 0.3) is 5.91 Å². The number of fused-ring (bicyclic) bond motifs is 1. The van der Waals surface area contributed by atoms with Gasteiger partial charge in [-0.3, -0.25) is 4.79 Å². The second-order valence-electron chi connectivity index (χ2n) is 5.20. The molecule has 2 N–H and O–H groups in total. The van der Waals surface area contributed by atoms with Crippen molar-refractivity contribution < 1.29 is 14.3 Å². The first kappa shape index (κ1) is 16.2. The zero-order chi connectivity index (χ0) is 17.1. The van der Waals surface area contributed by atoms with Crippen LogP contribution in [-0.2, 0) is 11.3 Å². The molecule has 0 bridgehead atoms. The number of ether oxygens (including phenoxy) is 1. The van der Waals surface area contributed by atoms with Crippen molar-refractivity contribution in [1.82, 2.24) is 15.3 Å². The Morgan fingerprint density at radius 2 is 2.12 bits per heavy atom. The molecule has 1 aromatic carbocycles. The second kappa shape index (κ2) is 6.84. The molecule has 124 valence electrons. The van der Waals surface area contributed by atoms with Crippen LogP contribution in [0.25, 0.3) is 10.9 Å². The molecule has 7 heteroatoms. The van der Waals surface area contributed by atoms with Crippen LogP contribution in [0.2, 0.25) is 0 Å². The van der Waals surface area contributed by atoms with E-state index >= 15 is 0 Å². The fraction of sp³-hybridized carbons (Fsp3) is 0.235. The highest BCUT2D eigenvalue weighted by Crippen LogP contribution is 2.19. The van der Waals surface area contributed by atoms with Gasteiger partial charge in [-0.05, 0) is 26.0 Å². The number of hydrogen-bond donors (Lipinski definition) is 2. The van der Waals surface area contributed by atoms with Crippen LogP contribution in [-0.4, -0.2) is 28.5 Å². The smallest absolute Gasteiger partial charge is 0.350 e. The number of carbonyl (C=O) groups excluding carboxylic acids is 2. The fourth-order valence-corrected chi connectivity index (χ4v) is 3.26. The zero-order valence-corrected chi connectivity index (χ0v) is 14.2. The highest BCUT2D eigenvalue weighted by atomic mass is 32.1.